The first-order valence-corrected chi connectivity index (χ1v) is 8.28. The van der Waals surface area contributed by atoms with E-state index in [1.165, 1.54) is 42.6 Å². The van der Waals surface area contributed by atoms with Crippen LogP contribution in [0.3, 0.4) is 0 Å². The zero-order chi connectivity index (χ0) is 15.5. The van der Waals surface area contributed by atoms with E-state index in [2.05, 4.69) is 56.2 Å². The molecule has 21 heavy (non-hydrogen) atoms. The molecular formula is C18H31N3. The van der Waals surface area contributed by atoms with Crippen molar-refractivity contribution < 1.29 is 0 Å². The summed E-state index contributed by atoms with van der Waals surface area (Å²) >= 11 is 0. The lowest BCUT2D eigenvalue weighted by molar-refractivity contribution is 0.0841. The van der Waals surface area contributed by atoms with E-state index < -0.39 is 0 Å². The average Bonchev–Trinajstić information content (AvgIpc) is 3.02. The summed E-state index contributed by atoms with van der Waals surface area (Å²) in [5, 5.41) is 0. The van der Waals surface area contributed by atoms with Gasteiger partial charge in [0.25, 0.3) is 0 Å². The van der Waals surface area contributed by atoms with Crippen molar-refractivity contribution in [1.82, 2.24) is 10.3 Å². The molecule has 118 valence electrons. The molecule has 1 aromatic carbocycles. The van der Waals surface area contributed by atoms with Gasteiger partial charge in [-0.3, -0.25) is 16.2 Å². The highest BCUT2D eigenvalue weighted by atomic mass is 15.3. The maximum atomic E-state index is 5.94. The van der Waals surface area contributed by atoms with Crippen LogP contribution in [-0.2, 0) is 6.42 Å². The molecule has 0 radical (unpaired) electrons. The highest BCUT2D eigenvalue weighted by molar-refractivity contribution is 5.30. The highest BCUT2D eigenvalue weighted by Gasteiger charge is 2.38. The van der Waals surface area contributed by atoms with E-state index in [0.717, 1.165) is 12.8 Å². The van der Waals surface area contributed by atoms with Crippen molar-refractivity contribution >= 4 is 0 Å². The van der Waals surface area contributed by atoms with Gasteiger partial charge in [-0.05, 0) is 76.2 Å². The fourth-order valence-corrected chi connectivity index (χ4v) is 3.54. The van der Waals surface area contributed by atoms with E-state index in [1.54, 1.807) is 0 Å². The van der Waals surface area contributed by atoms with E-state index in [9.17, 15) is 0 Å². The van der Waals surface area contributed by atoms with Crippen molar-refractivity contribution in [3.8, 4) is 0 Å². The number of hydrazine groups is 1. The lowest BCUT2D eigenvalue weighted by Gasteiger charge is -2.44. The molecule has 1 saturated heterocycles. The van der Waals surface area contributed by atoms with E-state index in [-0.39, 0.29) is 11.6 Å². The summed E-state index contributed by atoms with van der Waals surface area (Å²) < 4.78 is 0. The second-order valence-electron chi connectivity index (χ2n) is 6.75. The number of nitrogens with one attached hydrogen (secondary N) is 1. The second-order valence-corrected chi connectivity index (χ2v) is 6.75. The Morgan fingerprint density at radius 3 is 2.43 bits per heavy atom. The third-order valence-corrected chi connectivity index (χ3v) is 5.51. The normalized spacial score (nSPS) is 20.4. The Labute approximate surface area is 129 Å². The molecule has 0 bridgehead atoms. The molecule has 3 heteroatoms. The minimum Gasteiger partial charge on any atom is -0.296 e. The van der Waals surface area contributed by atoms with Gasteiger partial charge >= 0.3 is 0 Å². The van der Waals surface area contributed by atoms with Crippen molar-refractivity contribution in [3.63, 3.8) is 0 Å². The van der Waals surface area contributed by atoms with Crippen molar-refractivity contribution in [1.29, 1.82) is 0 Å². The third kappa shape index (κ3) is 3.47. The van der Waals surface area contributed by atoms with Gasteiger partial charge in [-0.1, -0.05) is 25.1 Å². The Hall–Kier alpha value is -0.900. The van der Waals surface area contributed by atoms with Crippen LogP contribution in [0, 0.1) is 13.8 Å². The summed E-state index contributed by atoms with van der Waals surface area (Å²) in [5.74, 6) is 5.94. The van der Waals surface area contributed by atoms with Gasteiger partial charge in [-0.25, -0.2) is 0 Å². The van der Waals surface area contributed by atoms with Gasteiger partial charge in [-0.15, -0.1) is 0 Å². The van der Waals surface area contributed by atoms with Gasteiger partial charge in [0.15, 0.2) is 0 Å². The van der Waals surface area contributed by atoms with Gasteiger partial charge in [0, 0.05) is 11.6 Å². The van der Waals surface area contributed by atoms with E-state index >= 15 is 0 Å². The topological polar surface area (TPSA) is 41.3 Å². The molecule has 1 aliphatic heterocycles. The van der Waals surface area contributed by atoms with E-state index in [0.29, 0.717) is 0 Å². The van der Waals surface area contributed by atoms with Crippen LogP contribution >= 0.6 is 0 Å². The van der Waals surface area contributed by atoms with Gasteiger partial charge in [0.1, 0.15) is 0 Å². The molecule has 2 rings (SSSR count). The summed E-state index contributed by atoms with van der Waals surface area (Å²) in [6.45, 7) is 11.4. The molecule has 3 nitrogen and oxygen atoms in total. The summed E-state index contributed by atoms with van der Waals surface area (Å²) in [6.07, 6.45) is 4.73. The molecular weight excluding hydrogens is 258 g/mol. The van der Waals surface area contributed by atoms with Crippen molar-refractivity contribution in [2.45, 2.75) is 65.0 Å². The monoisotopic (exact) mass is 289 g/mol. The average molecular weight is 289 g/mol. The maximum Gasteiger partial charge on any atom is 0.0432 e. The Bertz CT molecular complexity index is 466. The van der Waals surface area contributed by atoms with E-state index in [1.807, 2.05) is 0 Å². The Kier molecular flexibility index (Phi) is 5.42. The van der Waals surface area contributed by atoms with Crippen molar-refractivity contribution in [3.05, 3.63) is 34.9 Å². The smallest absolute Gasteiger partial charge is 0.0432 e. The Morgan fingerprint density at radius 2 is 1.90 bits per heavy atom. The molecule has 2 unspecified atom stereocenters. The SMILES string of the molecule is CCC(C)(C(Cc1ccc(C)c(C)c1)NN)N1CCCC1. The van der Waals surface area contributed by atoms with Crippen LogP contribution in [0.5, 0.6) is 0 Å². The van der Waals surface area contributed by atoms with Gasteiger partial charge in [-0.2, -0.15) is 0 Å². The van der Waals surface area contributed by atoms with Crippen LogP contribution in [0.15, 0.2) is 18.2 Å². The second kappa shape index (κ2) is 6.91. The lowest BCUT2D eigenvalue weighted by Crippen LogP contribution is -2.61. The van der Waals surface area contributed by atoms with Crippen LogP contribution in [0.4, 0.5) is 0 Å². The third-order valence-electron chi connectivity index (χ3n) is 5.51. The largest absolute Gasteiger partial charge is 0.296 e. The first-order chi connectivity index (χ1) is 10.0. The fraction of sp³-hybridized carbons (Fsp3) is 0.667. The van der Waals surface area contributed by atoms with Gasteiger partial charge in [0.2, 0.25) is 0 Å². The minimum absolute atomic E-state index is 0.129. The fourth-order valence-electron chi connectivity index (χ4n) is 3.54. The van der Waals surface area contributed by atoms with Gasteiger partial charge in [0.05, 0.1) is 0 Å². The summed E-state index contributed by atoms with van der Waals surface area (Å²) in [4.78, 5) is 2.62. The number of nitrogens with zero attached hydrogens (tertiary/aromatic N) is 1. The number of nitrogens with two attached hydrogens (primary N) is 1. The number of aryl methyl sites for hydroxylation is 2. The van der Waals surface area contributed by atoms with Gasteiger partial charge < -0.3 is 0 Å². The van der Waals surface area contributed by atoms with Crippen LogP contribution in [0.1, 0.15) is 49.8 Å². The number of hydrogen-bond donors (Lipinski definition) is 2. The van der Waals surface area contributed by atoms with Crippen LogP contribution in [0.25, 0.3) is 0 Å². The summed E-state index contributed by atoms with van der Waals surface area (Å²) in [5.41, 5.74) is 7.33. The Balaban J connectivity index is 2.18. The Morgan fingerprint density at radius 1 is 1.24 bits per heavy atom. The zero-order valence-electron chi connectivity index (χ0n) is 14.1. The molecule has 1 fully saturated rings. The van der Waals surface area contributed by atoms with Crippen molar-refractivity contribution in [2.24, 2.45) is 5.84 Å². The zero-order valence-corrected chi connectivity index (χ0v) is 14.1. The first-order valence-electron chi connectivity index (χ1n) is 8.28. The standard InChI is InChI=1S/C18H31N3/c1-5-18(4,21-10-6-7-11-21)17(20-19)13-16-9-8-14(2)15(3)12-16/h8-9,12,17,20H,5-7,10-11,13,19H2,1-4H3. The molecule has 1 heterocycles. The molecule has 3 N–H and O–H groups in total. The number of rotatable bonds is 6. The maximum absolute atomic E-state index is 5.94. The number of hydrogen-bond acceptors (Lipinski definition) is 3. The first kappa shape index (κ1) is 16.5. The van der Waals surface area contributed by atoms with E-state index in [4.69, 9.17) is 5.84 Å². The summed E-state index contributed by atoms with van der Waals surface area (Å²) in [6, 6.07) is 7.05. The highest BCUT2D eigenvalue weighted by Crippen LogP contribution is 2.29. The molecule has 1 aromatic rings. The number of benzene rings is 1. The molecule has 2 atom stereocenters. The predicted octanol–water partition coefficient (Wildman–Crippen LogP) is 2.94. The quantitative estimate of drug-likeness (QED) is 0.625. The van der Waals surface area contributed by atoms with Crippen LogP contribution in [0.2, 0.25) is 0 Å². The molecule has 0 aromatic heterocycles. The summed E-state index contributed by atoms with van der Waals surface area (Å²) in [7, 11) is 0. The molecule has 0 aliphatic carbocycles. The lowest BCUT2D eigenvalue weighted by atomic mass is 9.83. The molecule has 0 saturated carbocycles. The predicted molar refractivity (Wildman–Crippen MR) is 90.2 cm³/mol. The number of likely N-dealkylation sites (tertiary alicyclic amines) is 1. The molecule has 1 aliphatic rings. The van der Waals surface area contributed by atoms with Crippen LogP contribution < -0.4 is 11.3 Å². The molecule has 0 spiro atoms. The molecule has 0 amide bonds. The van der Waals surface area contributed by atoms with Crippen molar-refractivity contribution in [2.75, 3.05) is 13.1 Å². The minimum atomic E-state index is 0.129. The van der Waals surface area contributed by atoms with Crippen LogP contribution in [-0.4, -0.2) is 29.6 Å².